The molecule has 0 saturated carbocycles. The molecule has 0 aliphatic carbocycles. The van der Waals surface area contributed by atoms with Crippen LogP contribution < -0.4 is 9.47 Å². The second-order valence-corrected chi connectivity index (χ2v) is 5.35. The van der Waals surface area contributed by atoms with Gasteiger partial charge in [0.15, 0.2) is 11.5 Å². The molecule has 122 valence electrons. The third kappa shape index (κ3) is 4.13. The maximum Gasteiger partial charge on any atom is 0.254 e. The molecule has 1 aromatic heterocycles. The van der Waals surface area contributed by atoms with E-state index in [1.165, 1.54) is 7.11 Å². The van der Waals surface area contributed by atoms with Crippen molar-refractivity contribution in [2.75, 3.05) is 20.8 Å². The Morgan fingerprint density at radius 1 is 1.30 bits per heavy atom. The lowest BCUT2D eigenvalue weighted by molar-refractivity contribution is 0.0784. The summed E-state index contributed by atoms with van der Waals surface area (Å²) in [7, 11) is 3.25. The van der Waals surface area contributed by atoms with Crippen LogP contribution in [0.4, 0.5) is 0 Å². The van der Waals surface area contributed by atoms with Crippen LogP contribution in [0.1, 0.15) is 22.8 Å². The molecule has 0 aliphatic heterocycles. The molecule has 0 N–H and O–H groups in total. The van der Waals surface area contributed by atoms with Gasteiger partial charge in [-0.25, -0.2) is 0 Å². The van der Waals surface area contributed by atoms with Gasteiger partial charge in [0.05, 0.1) is 18.7 Å². The molecule has 0 atom stereocenters. The summed E-state index contributed by atoms with van der Waals surface area (Å²) in [5.74, 6) is 0.745. The van der Waals surface area contributed by atoms with Crippen molar-refractivity contribution in [2.45, 2.75) is 13.5 Å². The molecule has 5 nitrogen and oxygen atoms in total. The summed E-state index contributed by atoms with van der Waals surface area (Å²) >= 11 is 6.22. The molecular weight excluding hydrogens is 316 g/mol. The highest BCUT2D eigenvalue weighted by atomic mass is 35.5. The number of ether oxygens (including phenoxy) is 2. The van der Waals surface area contributed by atoms with Gasteiger partial charge in [-0.2, -0.15) is 0 Å². The summed E-state index contributed by atoms with van der Waals surface area (Å²) in [5, 5.41) is 0.354. The predicted molar refractivity (Wildman–Crippen MR) is 89.2 cm³/mol. The second kappa shape index (κ2) is 7.83. The molecule has 6 heteroatoms. The number of halogens is 1. The zero-order valence-electron chi connectivity index (χ0n) is 13.4. The molecule has 1 aromatic carbocycles. The number of carbonyl (C=O) groups excluding carboxylic acids is 1. The summed E-state index contributed by atoms with van der Waals surface area (Å²) in [6.07, 6.45) is 3.40. The van der Waals surface area contributed by atoms with Gasteiger partial charge in [0.1, 0.15) is 0 Å². The molecule has 1 heterocycles. The van der Waals surface area contributed by atoms with Gasteiger partial charge in [0, 0.05) is 31.5 Å². The largest absolute Gasteiger partial charge is 0.493 e. The van der Waals surface area contributed by atoms with E-state index in [9.17, 15) is 4.79 Å². The molecule has 2 rings (SSSR count). The van der Waals surface area contributed by atoms with Crippen LogP contribution in [-0.2, 0) is 6.54 Å². The first-order valence-electron chi connectivity index (χ1n) is 7.21. The van der Waals surface area contributed by atoms with E-state index in [-0.39, 0.29) is 5.91 Å². The van der Waals surface area contributed by atoms with Crippen LogP contribution in [0.2, 0.25) is 5.02 Å². The van der Waals surface area contributed by atoms with Gasteiger partial charge in [-0.1, -0.05) is 11.6 Å². The number of amides is 1. The Morgan fingerprint density at radius 3 is 2.61 bits per heavy atom. The number of methoxy groups -OCH3 is 1. The Kier molecular flexibility index (Phi) is 5.82. The zero-order valence-corrected chi connectivity index (χ0v) is 14.1. The number of hydrogen-bond acceptors (Lipinski definition) is 4. The Labute approximate surface area is 140 Å². The van der Waals surface area contributed by atoms with Crippen LogP contribution in [-0.4, -0.2) is 36.6 Å². The van der Waals surface area contributed by atoms with E-state index < -0.39 is 0 Å². The number of hydrogen-bond donors (Lipinski definition) is 0. The summed E-state index contributed by atoms with van der Waals surface area (Å²) in [6, 6.07) is 6.98. The number of rotatable bonds is 6. The fourth-order valence-corrected chi connectivity index (χ4v) is 2.45. The third-order valence-corrected chi connectivity index (χ3v) is 3.56. The van der Waals surface area contributed by atoms with Crippen LogP contribution >= 0.6 is 11.6 Å². The predicted octanol–water partition coefficient (Wildman–Crippen LogP) is 3.41. The third-order valence-electron chi connectivity index (χ3n) is 3.28. The molecule has 0 unspecified atom stereocenters. The van der Waals surface area contributed by atoms with Gasteiger partial charge in [0.25, 0.3) is 5.91 Å². The molecule has 0 spiro atoms. The fourth-order valence-electron chi connectivity index (χ4n) is 2.18. The fraction of sp³-hybridized carbons (Fsp3) is 0.294. The molecule has 0 bridgehead atoms. The van der Waals surface area contributed by atoms with Crippen molar-refractivity contribution in [1.29, 1.82) is 0 Å². The normalized spacial score (nSPS) is 10.3. The zero-order chi connectivity index (χ0) is 16.8. The molecular formula is C17H19ClN2O3. The van der Waals surface area contributed by atoms with Crippen molar-refractivity contribution in [3.05, 3.63) is 52.8 Å². The molecule has 0 aliphatic rings. The highest BCUT2D eigenvalue weighted by Crippen LogP contribution is 2.36. The number of nitrogens with zero attached hydrogens (tertiary/aromatic N) is 2. The maximum absolute atomic E-state index is 12.6. The monoisotopic (exact) mass is 334 g/mol. The average molecular weight is 335 g/mol. The van der Waals surface area contributed by atoms with Crippen LogP contribution in [0.3, 0.4) is 0 Å². The molecule has 1 amide bonds. The SMILES string of the molecule is CCOc1c(Cl)cc(C(=O)N(C)Cc2ccncc2)cc1OC. The lowest BCUT2D eigenvalue weighted by atomic mass is 10.1. The lowest BCUT2D eigenvalue weighted by Gasteiger charge is -2.19. The van der Waals surface area contributed by atoms with E-state index >= 15 is 0 Å². The first kappa shape index (κ1) is 17.1. The van der Waals surface area contributed by atoms with Crippen molar-refractivity contribution in [3.63, 3.8) is 0 Å². The van der Waals surface area contributed by atoms with Gasteiger partial charge in [-0.3, -0.25) is 9.78 Å². The molecule has 0 saturated heterocycles. The standard InChI is InChI=1S/C17H19ClN2O3/c1-4-23-16-14(18)9-13(10-15(16)22-3)17(21)20(2)11-12-5-7-19-8-6-12/h5-10H,4,11H2,1-3H3. The van der Waals surface area contributed by atoms with Gasteiger partial charge in [-0.05, 0) is 36.8 Å². The van der Waals surface area contributed by atoms with Crippen molar-refractivity contribution < 1.29 is 14.3 Å². The minimum absolute atomic E-state index is 0.148. The van der Waals surface area contributed by atoms with Crippen molar-refractivity contribution in [1.82, 2.24) is 9.88 Å². The molecule has 0 radical (unpaired) electrons. The van der Waals surface area contributed by atoms with Crippen LogP contribution in [0.5, 0.6) is 11.5 Å². The maximum atomic E-state index is 12.6. The number of carbonyl (C=O) groups is 1. The summed E-state index contributed by atoms with van der Waals surface area (Å²) in [5.41, 5.74) is 1.45. The lowest BCUT2D eigenvalue weighted by Crippen LogP contribution is -2.26. The quantitative estimate of drug-likeness (QED) is 0.812. The second-order valence-electron chi connectivity index (χ2n) is 4.94. The van der Waals surface area contributed by atoms with E-state index in [1.54, 1.807) is 36.5 Å². The van der Waals surface area contributed by atoms with Crippen LogP contribution in [0, 0.1) is 0 Å². The topological polar surface area (TPSA) is 51.7 Å². The van der Waals surface area contributed by atoms with E-state index in [1.807, 2.05) is 19.1 Å². The van der Waals surface area contributed by atoms with E-state index in [0.717, 1.165) is 5.56 Å². The summed E-state index contributed by atoms with van der Waals surface area (Å²) < 4.78 is 10.7. The number of benzene rings is 1. The Morgan fingerprint density at radius 2 is 2.00 bits per heavy atom. The summed E-state index contributed by atoms with van der Waals surface area (Å²) in [6.45, 7) is 2.80. The van der Waals surface area contributed by atoms with Gasteiger partial charge < -0.3 is 14.4 Å². The van der Waals surface area contributed by atoms with E-state index in [0.29, 0.717) is 35.2 Å². The molecule has 23 heavy (non-hydrogen) atoms. The molecule has 0 fully saturated rings. The average Bonchev–Trinajstić information content (AvgIpc) is 2.56. The Balaban J connectivity index is 2.23. The van der Waals surface area contributed by atoms with Crippen molar-refractivity contribution in [2.24, 2.45) is 0 Å². The minimum atomic E-state index is -0.148. The van der Waals surface area contributed by atoms with Crippen LogP contribution in [0.15, 0.2) is 36.7 Å². The Bertz CT molecular complexity index is 677. The minimum Gasteiger partial charge on any atom is -0.493 e. The van der Waals surface area contributed by atoms with Crippen molar-refractivity contribution >= 4 is 17.5 Å². The summed E-state index contributed by atoms with van der Waals surface area (Å²) in [4.78, 5) is 18.2. The highest BCUT2D eigenvalue weighted by molar-refractivity contribution is 6.32. The number of pyridine rings is 1. The first-order chi connectivity index (χ1) is 11.1. The highest BCUT2D eigenvalue weighted by Gasteiger charge is 2.18. The van der Waals surface area contributed by atoms with Gasteiger partial charge in [-0.15, -0.1) is 0 Å². The first-order valence-corrected chi connectivity index (χ1v) is 7.59. The van der Waals surface area contributed by atoms with E-state index in [4.69, 9.17) is 21.1 Å². The Hall–Kier alpha value is -2.27. The van der Waals surface area contributed by atoms with Gasteiger partial charge >= 0.3 is 0 Å². The molecule has 2 aromatic rings. The van der Waals surface area contributed by atoms with E-state index in [2.05, 4.69) is 4.98 Å². The van der Waals surface area contributed by atoms with Gasteiger partial charge in [0.2, 0.25) is 0 Å². The van der Waals surface area contributed by atoms with Crippen molar-refractivity contribution in [3.8, 4) is 11.5 Å². The number of aromatic nitrogens is 1. The van der Waals surface area contributed by atoms with Crippen LogP contribution in [0.25, 0.3) is 0 Å². The smallest absolute Gasteiger partial charge is 0.254 e.